The molecule has 3 aliphatic heterocycles. The molecule has 4 heterocycles. The second-order valence-electron chi connectivity index (χ2n) is 15.0. The van der Waals surface area contributed by atoms with Crippen molar-refractivity contribution < 1.29 is 50.3 Å². The molecule has 1 unspecified atom stereocenters. The summed E-state index contributed by atoms with van der Waals surface area (Å²) in [6.07, 6.45) is -3.67. The van der Waals surface area contributed by atoms with Crippen LogP contribution in [0.15, 0.2) is 48.7 Å². The molecule has 0 saturated carbocycles. The van der Waals surface area contributed by atoms with Gasteiger partial charge in [-0.05, 0) is 75.0 Å². The molecule has 3 aliphatic rings. The number of carbonyl (C=O) groups excluding carboxylic acids is 4. The standard InChI is InChI=1S/C39H39F6N9O5S/c1-37(2)35(58)53(26-18-27(39(43,44)45)30(19-46)47-20-26)36(60)54(37)25-4-6-31(28(17-25)38(3,41)42)59-13-12-51-8-10-52(11-9-51)21-33(56)49-24-15-22(40)14-23(16-24)48-29-5-7-32(55)50-34(29)57/h4,6,14-18,20,29,48H,5,7-13,21H2,1-3H3,(H,49,56)(H,50,55,57). The summed E-state index contributed by atoms with van der Waals surface area (Å²) in [5, 5.41) is 16.6. The lowest BCUT2D eigenvalue weighted by Crippen LogP contribution is -2.49. The van der Waals surface area contributed by atoms with E-state index in [4.69, 9.17) is 22.2 Å². The van der Waals surface area contributed by atoms with Crippen molar-refractivity contribution in [3.8, 4) is 11.8 Å². The number of hydrogen-bond donors (Lipinski definition) is 3. The number of aromatic nitrogens is 1. The van der Waals surface area contributed by atoms with Gasteiger partial charge >= 0.3 is 6.18 Å². The highest BCUT2D eigenvalue weighted by Gasteiger charge is 2.51. The van der Waals surface area contributed by atoms with Crippen molar-refractivity contribution in [1.82, 2.24) is 20.1 Å². The Morgan fingerprint density at radius 2 is 1.67 bits per heavy atom. The second kappa shape index (κ2) is 17.0. The molecule has 21 heteroatoms. The number of rotatable bonds is 12. The van der Waals surface area contributed by atoms with Crippen LogP contribution in [0.1, 0.15) is 50.4 Å². The number of alkyl halides is 5. The molecule has 6 rings (SSSR count). The lowest BCUT2D eigenvalue weighted by molar-refractivity contribution is -0.138. The molecular formula is C39H39F6N9O5S. The van der Waals surface area contributed by atoms with Crippen LogP contribution in [0.4, 0.5) is 49.1 Å². The molecule has 1 atom stereocenters. The summed E-state index contributed by atoms with van der Waals surface area (Å²) in [7, 11) is 0. The number of hydrogen-bond acceptors (Lipinski definition) is 11. The molecule has 0 aliphatic carbocycles. The molecule has 3 fully saturated rings. The highest BCUT2D eigenvalue weighted by molar-refractivity contribution is 7.81. The summed E-state index contributed by atoms with van der Waals surface area (Å²) in [6.45, 7) is 5.97. The predicted octanol–water partition coefficient (Wildman–Crippen LogP) is 4.99. The van der Waals surface area contributed by atoms with Crippen molar-refractivity contribution in [2.45, 2.75) is 57.3 Å². The van der Waals surface area contributed by atoms with Crippen LogP contribution in [0.2, 0.25) is 0 Å². The third-order valence-corrected chi connectivity index (χ3v) is 10.5. The van der Waals surface area contributed by atoms with Crippen LogP contribution in [0, 0.1) is 17.1 Å². The Morgan fingerprint density at radius 1 is 1.00 bits per heavy atom. The van der Waals surface area contributed by atoms with Crippen molar-refractivity contribution in [3.05, 3.63) is 71.3 Å². The van der Waals surface area contributed by atoms with Crippen LogP contribution in [0.5, 0.6) is 5.75 Å². The number of benzene rings is 2. The summed E-state index contributed by atoms with van der Waals surface area (Å²) < 4.78 is 91.6. The molecule has 1 aromatic heterocycles. The number of piperazine rings is 1. The molecule has 2 aromatic carbocycles. The van der Waals surface area contributed by atoms with Gasteiger partial charge in [0.25, 0.3) is 11.8 Å². The fourth-order valence-corrected chi connectivity index (χ4v) is 7.62. The topological polar surface area (TPSA) is 163 Å². The van der Waals surface area contributed by atoms with E-state index in [1.54, 1.807) is 0 Å². The van der Waals surface area contributed by atoms with Crippen molar-refractivity contribution in [1.29, 1.82) is 5.26 Å². The molecule has 0 bridgehead atoms. The van der Waals surface area contributed by atoms with E-state index in [2.05, 4.69) is 20.9 Å². The number of thiocarbonyl (C=S) groups is 1. The van der Waals surface area contributed by atoms with Crippen LogP contribution in [0.3, 0.4) is 0 Å². The minimum absolute atomic E-state index is 0.0115. The number of pyridine rings is 1. The Morgan fingerprint density at radius 3 is 2.32 bits per heavy atom. The van der Waals surface area contributed by atoms with E-state index in [0.29, 0.717) is 45.7 Å². The Kier molecular flexibility index (Phi) is 12.4. The number of nitrogens with zero attached hydrogens (tertiary/aromatic N) is 6. The first-order valence-electron chi connectivity index (χ1n) is 18.6. The summed E-state index contributed by atoms with van der Waals surface area (Å²) in [5.74, 6) is -6.25. The number of piperidine rings is 1. The fraction of sp³-hybridized carbons (Fsp3) is 0.410. The predicted molar refractivity (Wildman–Crippen MR) is 210 cm³/mol. The molecule has 60 heavy (non-hydrogen) atoms. The zero-order valence-corrected chi connectivity index (χ0v) is 33.3. The highest BCUT2D eigenvalue weighted by Crippen LogP contribution is 2.43. The van der Waals surface area contributed by atoms with Crippen LogP contribution >= 0.6 is 12.2 Å². The minimum Gasteiger partial charge on any atom is -0.492 e. The van der Waals surface area contributed by atoms with E-state index >= 15 is 8.78 Å². The third-order valence-electron chi connectivity index (χ3n) is 10.2. The highest BCUT2D eigenvalue weighted by atomic mass is 32.1. The van der Waals surface area contributed by atoms with E-state index in [0.717, 1.165) is 23.2 Å². The van der Waals surface area contributed by atoms with Gasteiger partial charge in [0.15, 0.2) is 10.8 Å². The minimum atomic E-state index is -4.96. The average molecular weight is 860 g/mol. The van der Waals surface area contributed by atoms with Gasteiger partial charge in [-0.1, -0.05) is 0 Å². The lowest BCUT2D eigenvalue weighted by atomic mass is 10.0. The molecule has 4 amide bonds. The average Bonchev–Trinajstić information content (AvgIpc) is 3.34. The monoisotopic (exact) mass is 859 g/mol. The van der Waals surface area contributed by atoms with Crippen LogP contribution in [-0.2, 0) is 31.3 Å². The zero-order valence-electron chi connectivity index (χ0n) is 32.5. The van der Waals surface area contributed by atoms with E-state index in [-0.39, 0.29) is 65.5 Å². The lowest BCUT2D eigenvalue weighted by Gasteiger charge is -2.34. The van der Waals surface area contributed by atoms with Gasteiger partial charge in [-0.3, -0.25) is 39.2 Å². The quantitative estimate of drug-likeness (QED) is 0.127. The van der Waals surface area contributed by atoms with E-state index in [1.807, 2.05) is 9.80 Å². The Bertz CT molecular complexity index is 2260. The van der Waals surface area contributed by atoms with Crippen LogP contribution in [-0.4, -0.2) is 101 Å². The molecule has 3 aromatic rings. The number of nitriles is 1. The van der Waals surface area contributed by atoms with E-state index < -0.39 is 64.0 Å². The second-order valence-corrected chi connectivity index (χ2v) is 15.3. The molecule has 0 radical (unpaired) electrons. The first kappa shape index (κ1) is 43.7. The van der Waals surface area contributed by atoms with Gasteiger partial charge in [-0.15, -0.1) is 0 Å². The summed E-state index contributed by atoms with van der Waals surface area (Å²) in [6, 6.07) is 8.88. The largest absolute Gasteiger partial charge is 0.492 e. The maximum atomic E-state index is 15.1. The van der Waals surface area contributed by atoms with Crippen molar-refractivity contribution >= 4 is 63.7 Å². The smallest absolute Gasteiger partial charge is 0.419 e. The first-order chi connectivity index (χ1) is 28.1. The third kappa shape index (κ3) is 9.61. The maximum absolute atomic E-state index is 15.1. The first-order valence-corrected chi connectivity index (χ1v) is 19.0. The van der Waals surface area contributed by atoms with Gasteiger partial charge in [0, 0.05) is 63.1 Å². The Labute approximate surface area is 345 Å². The molecule has 3 saturated heterocycles. The maximum Gasteiger partial charge on any atom is 0.419 e. The van der Waals surface area contributed by atoms with Gasteiger partial charge in [-0.2, -0.15) is 18.4 Å². The number of ether oxygens (including phenoxy) is 1. The SMILES string of the molecule is CC(F)(F)c1cc(N2C(=S)N(c3cnc(C#N)c(C(F)(F)F)c3)C(=O)C2(C)C)ccc1OCCN1CCN(CC(=O)Nc2cc(F)cc(NC3CCC(=O)NC3=O)c2)CC1. The summed E-state index contributed by atoms with van der Waals surface area (Å²) in [4.78, 5) is 59.6. The molecule has 318 valence electrons. The molecule has 3 N–H and O–H groups in total. The summed E-state index contributed by atoms with van der Waals surface area (Å²) in [5.41, 5.74) is -4.16. The Hall–Kier alpha value is -5.85. The van der Waals surface area contributed by atoms with Gasteiger partial charge in [0.2, 0.25) is 17.7 Å². The van der Waals surface area contributed by atoms with E-state index in [1.165, 1.54) is 49.1 Å². The number of anilines is 4. The van der Waals surface area contributed by atoms with Crippen LogP contribution in [0.25, 0.3) is 0 Å². The van der Waals surface area contributed by atoms with Gasteiger partial charge in [0.1, 0.15) is 35.8 Å². The van der Waals surface area contributed by atoms with Crippen molar-refractivity contribution in [2.24, 2.45) is 0 Å². The number of nitrogens with one attached hydrogen (secondary N) is 3. The van der Waals surface area contributed by atoms with Gasteiger partial charge in [0.05, 0.1) is 29.6 Å². The number of imide groups is 1. The van der Waals surface area contributed by atoms with Crippen molar-refractivity contribution in [2.75, 3.05) is 66.3 Å². The number of carbonyl (C=O) groups is 4. The van der Waals surface area contributed by atoms with Crippen LogP contribution < -0.4 is 30.5 Å². The molecular weight excluding hydrogens is 821 g/mol. The number of halogens is 6. The number of amides is 4. The molecule has 0 spiro atoms. The zero-order chi connectivity index (χ0) is 43.7. The summed E-state index contributed by atoms with van der Waals surface area (Å²) >= 11 is 5.53. The van der Waals surface area contributed by atoms with Gasteiger partial charge in [-0.25, -0.2) is 18.2 Å². The van der Waals surface area contributed by atoms with Gasteiger partial charge < -0.3 is 20.3 Å². The Balaban J connectivity index is 1.04. The van der Waals surface area contributed by atoms with E-state index in [9.17, 15) is 36.7 Å². The normalized spacial score (nSPS) is 19.0. The molecule has 14 nitrogen and oxygen atoms in total. The fourth-order valence-electron chi connectivity index (χ4n) is 7.10. The van der Waals surface area contributed by atoms with Crippen molar-refractivity contribution in [3.63, 3.8) is 0 Å².